The van der Waals surface area contributed by atoms with Gasteiger partial charge in [0.25, 0.3) is 5.91 Å². The zero-order chi connectivity index (χ0) is 21.1. The van der Waals surface area contributed by atoms with Crippen molar-refractivity contribution < 1.29 is 14.6 Å². The highest BCUT2D eigenvalue weighted by Gasteiger charge is 2.15. The van der Waals surface area contributed by atoms with Gasteiger partial charge in [0.05, 0.1) is 0 Å². The first-order chi connectivity index (χ1) is 13.7. The molecule has 0 saturated heterocycles. The van der Waals surface area contributed by atoms with Crippen LogP contribution in [-0.4, -0.2) is 20.8 Å². The summed E-state index contributed by atoms with van der Waals surface area (Å²) in [7, 11) is 0. The van der Waals surface area contributed by atoms with Crippen LogP contribution in [0.25, 0.3) is 0 Å². The van der Waals surface area contributed by atoms with E-state index in [0.29, 0.717) is 11.4 Å². The van der Waals surface area contributed by atoms with Gasteiger partial charge in [-0.1, -0.05) is 31.5 Å². The molecule has 0 aliphatic heterocycles. The molecule has 0 atom stereocenters. The maximum atomic E-state index is 12.6. The minimum Gasteiger partial charge on any atom is -0.508 e. The van der Waals surface area contributed by atoms with Crippen molar-refractivity contribution in [2.75, 3.05) is 5.32 Å². The smallest absolute Gasteiger partial charge is 0.276 e. The lowest BCUT2D eigenvalue weighted by Crippen LogP contribution is -2.15. The number of ether oxygens (including phenoxy) is 1. The fourth-order valence-corrected chi connectivity index (χ4v) is 3.14. The maximum absolute atomic E-state index is 12.6. The fourth-order valence-electron chi connectivity index (χ4n) is 3.14. The second kappa shape index (κ2) is 8.39. The fraction of sp³-hybridized carbons (Fsp3) is 0.304. The molecule has 0 spiro atoms. The first-order valence-corrected chi connectivity index (χ1v) is 9.63. The number of anilines is 1. The van der Waals surface area contributed by atoms with Gasteiger partial charge in [0.2, 0.25) is 0 Å². The molecule has 0 fully saturated rings. The van der Waals surface area contributed by atoms with Crippen LogP contribution < -0.4 is 10.1 Å². The summed E-state index contributed by atoms with van der Waals surface area (Å²) < 4.78 is 7.39. The number of phenolic OH excluding ortho intramolecular Hbond substituents is 1. The van der Waals surface area contributed by atoms with E-state index in [4.69, 9.17) is 4.74 Å². The molecule has 29 heavy (non-hydrogen) atoms. The van der Waals surface area contributed by atoms with Crippen LogP contribution in [0.15, 0.2) is 42.6 Å². The van der Waals surface area contributed by atoms with Gasteiger partial charge in [-0.3, -0.25) is 4.79 Å². The van der Waals surface area contributed by atoms with Crippen LogP contribution in [-0.2, 0) is 6.73 Å². The molecule has 0 aliphatic rings. The quantitative estimate of drug-likeness (QED) is 0.583. The van der Waals surface area contributed by atoms with Gasteiger partial charge in [-0.2, -0.15) is 5.10 Å². The molecule has 2 N–H and O–H groups in total. The van der Waals surface area contributed by atoms with Crippen molar-refractivity contribution in [2.45, 2.75) is 47.3 Å². The molecule has 3 rings (SSSR count). The van der Waals surface area contributed by atoms with Gasteiger partial charge < -0.3 is 15.2 Å². The Balaban J connectivity index is 1.69. The third-order valence-electron chi connectivity index (χ3n) is 4.80. The van der Waals surface area contributed by atoms with Crippen molar-refractivity contribution in [1.29, 1.82) is 0 Å². The zero-order valence-electron chi connectivity index (χ0n) is 17.5. The van der Waals surface area contributed by atoms with E-state index in [-0.39, 0.29) is 24.3 Å². The topological polar surface area (TPSA) is 76.4 Å². The van der Waals surface area contributed by atoms with Gasteiger partial charge in [0.15, 0.2) is 12.4 Å². The van der Waals surface area contributed by atoms with E-state index in [1.807, 2.05) is 52.8 Å². The molecule has 2 aromatic carbocycles. The molecule has 6 nitrogen and oxygen atoms in total. The molecule has 1 amide bonds. The Kier molecular flexibility index (Phi) is 5.92. The van der Waals surface area contributed by atoms with Crippen LogP contribution in [0.3, 0.4) is 0 Å². The average molecular weight is 393 g/mol. The molecule has 0 bridgehead atoms. The van der Waals surface area contributed by atoms with Gasteiger partial charge in [0.1, 0.15) is 11.5 Å². The molecular weight excluding hydrogens is 366 g/mol. The number of aromatic hydroxyl groups is 1. The van der Waals surface area contributed by atoms with E-state index in [9.17, 15) is 9.90 Å². The van der Waals surface area contributed by atoms with Crippen LogP contribution in [0.5, 0.6) is 11.5 Å². The first-order valence-electron chi connectivity index (χ1n) is 9.63. The predicted molar refractivity (Wildman–Crippen MR) is 114 cm³/mol. The highest BCUT2D eigenvalue weighted by molar-refractivity contribution is 6.03. The highest BCUT2D eigenvalue weighted by atomic mass is 16.5. The Bertz CT molecular complexity index is 1040. The molecule has 0 saturated carbocycles. The highest BCUT2D eigenvalue weighted by Crippen LogP contribution is 2.31. The molecule has 6 heteroatoms. The molecule has 1 aromatic heterocycles. The number of rotatable bonds is 6. The van der Waals surface area contributed by atoms with Crippen LogP contribution in [0.4, 0.5) is 5.69 Å². The molecular formula is C23H27N3O3. The third kappa shape index (κ3) is 4.77. The molecule has 0 unspecified atom stereocenters. The number of amides is 1. The van der Waals surface area contributed by atoms with Gasteiger partial charge >= 0.3 is 0 Å². The van der Waals surface area contributed by atoms with Gasteiger partial charge in [-0.25, -0.2) is 4.68 Å². The summed E-state index contributed by atoms with van der Waals surface area (Å²) in [4.78, 5) is 12.6. The van der Waals surface area contributed by atoms with Crippen LogP contribution in [0, 0.1) is 20.8 Å². The van der Waals surface area contributed by atoms with Gasteiger partial charge in [-0.15, -0.1) is 0 Å². The lowest BCUT2D eigenvalue weighted by atomic mass is 9.99. The maximum Gasteiger partial charge on any atom is 0.276 e. The predicted octanol–water partition coefficient (Wildman–Crippen LogP) is 4.93. The van der Waals surface area contributed by atoms with E-state index in [1.54, 1.807) is 23.0 Å². The first kappa shape index (κ1) is 20.5. The third-order valence-corrected chi connectivity index (χ3v) is 4.80. The Labute approximate surface area is 171 Å². The number of phenols is 1. The van der Waals surface area contributed by atoms with Crippen LogP contribution in [0.2, 0.25) is 0 Å². The number of aromatic nitrogens is 2. The van der Waals surface area contributed by atoms with E-state index in [2.05, 4.69) is 16.5 Å². The van der Waals surface area contributed by atoms with Crippen molar-refractivity contribution in [3.8, 4) is 11.5 Å². The number of carbonyl (C=O) groups excluding carboxylic acids is 1. The summed E-state index contributed by atoms with van der Waals surface area (Å²) in [6.07, 6.45) is 1.71. The van der Waals surface area contributed by atoms with Crippen molar-refractivity contribution in [3.63, 3.8) is 0 Å². The Morgan fingerprint density at radius 2 is 1.90 bits per heavy atom. The average Bonchev–Trinajstić information content (AvgIpc) is 3.12. The minimum absolute atomic E-state index is 0.146. The van der Waals surface area contributed by atoms with Crippen molar-refractivity contribution >= 4 is 11.6 Å². The van der Waals surface area contributed by atoms with E-state index < -0.39 is 0 Å². The summed E-state index contributed by atoms with van der Waals surface area (Å²) in [5, 5.41) is 17.3. The lowest BCUT2D eigenvalue weighted by Gasteiger charge is -2.14. The Morgan fingerprint density at radius 1 is 1.14 bits per heavy atom. The lowest BCUT2D eigenvalue weighted by molar-refractivity contribution is 0.102. The molecule has 152 valence electrons. The number of aryl methyl sites for hydroxylation is 3. The Morgan fingerprint density at radius 3 is 2.59 bits per heavy atom. The SMILES string of the molecule is Cc1ccc(OCn2ccc(C(=O)Nc3cc(C(C)C)c(O)cc3C)n2)c(C)c1. The monoisotopic (exact) mass is 393 g/mol. The molecule has 3 aromatic rings. The van der Waals surface area contributed by atoms with Gasteiger partial charge in [0, 0.05) is 11.9 Å². The zero-order valence-corrected chi connectivity index (χ0v) is 17.5. The van der Waals surface area contributed by atoms with Crippen LogP contribution >= 0.6 is 0 Å². The van der Waals surface area contributed by atoms with E-state index in [1.165, 1.54) is 5.56 Å². The number of hydrogen-bond acceptors (Lipinski definition) is 4. The summed E-state index contributed by atoms with van der Waals surface area (Å²) in [5.74, 6) is 0.868. The van der Waals surface area contributed by atoms with Crippen molar-refractivity contribution in [1.82, 2.24) is 9.78 Å². The Hall–Kier alpha value is -3.28. The summed E-state index contributed by atoms with van der Waals surface area (Å²) >= 11 is 0. The normalized spacial score (nSPS) is 11.0. The number of nitrogens with one attached hydrogen (secondary N) is 1. The molecule has 0 aliphatic carbocycles. The summed E-state index contributed by atoms with van der Waals surface area (Å²) in [6.45, 7) is 10.1. The van der Waals surface area contributed by atoms with E-state index >= 15 is 0 Å². The minimum atomic E-state index is -0.307. The largest absolute Gasteiger partial charge is 0.508 e. The molecule has 0 radical (unpaired) electrons. The number of benzene rings is 2. The summed E-state index contributed by atoms with van der Waals surface area (Å²) in [5.41, 5.74) is 4.78. The van der Waals surface area contributed by atoms with E-state index in [0.717, 1.165) is 22.4 Å². The van der Waals surface area contributed by atoms with Gasteiger partial charge in [-0.05, 0) is 67.6 Å². The number of nitrogens with zero attached hydrogens (tertiary/aromatic N) is 2. The second-order valence-electron chi connectivity index (χ2n) is 7.62. The number of hydrogen-bond donors (Lipinski definition) is 2. The van der Waals surface area contributed by atoms with Crippen molar-refractivity contribution in [3.05, 3.63) is 70.5 Å². The molecule has 1 heterocycles. The number of carbonyl (C=O) groups is 1. The van der Waals surface area contributed by atoms with Crippen LogP contribution in [0.1, 0.15) is 52.5 Å². The second-order valence-corrected chi connectivity index (χ2v) is 7.62. The standard InChI is InChI=1S/C23H27N3O3/c1-14(2)18-12-20(16(4)11-21(18)27)24-23(28)19-8-9-26(25-19)13-29-22-7-6-15(3)10-17(22)5/h6-12,14,27H,13H2,1-5H3,(H,24,28). The summed E-state index contributed by atoms with van der Waals surface area (Å²) in [6, 6.07) is 11.1. The van der Waals surface area contributed by atoms with Crippen molar-refractivity contribution in [2.24, 2.45) is 0 Å².